The van der Waals surface area contributed by atoms with Gasteiger partial charge >= 0.3 is 0 Å². The molecule has 2 aromatic heterocycles. The summed E-state index contributed by atoms with van der Waals surface area (Å²) in [5, 5.41) is 10.4. The molecule has 2 heterocycles. The molecule has 18 heavy (non-hydrogen) atoms. The number of aliphatic hydroxyl groups excluding tert-OH is 1. The highest BCUT2D eigenvalue weighted by molar-refractivity contribution is 5.48. The molecule has 0 saturated carbocycles. The lowest BCUT2D eigenvalue weighted by Gasteiger charge is -2.15. The fraction of sp³-hybridized carbons (Fsp3) is 0.286. The maximum Gasteiger partial charge on any atom is 0.129 e. The average Bonchev–Trinajstić information content (AvgIpc) is 2.27. The molecule has 94 valence electrons. The van der Waals surface area contributed by atoms with Gasteiger partial charge in [0.15, 0.2) is 0 Å². The molecule has 4 heteroatoms. The van der Waals surface area contributed by atoms with Crippen LogP contribution in [0.25, 0.3) is 0 Å². The van der Waals surface area contributed by atoms with Crippen LogP contribution in [0.3, 0.4) is 0 Å². The molecular formula is C14H17N3O. The van der Waals surface area contributed by atoms with E-state index in [-0.39, 0.29) is 0 Å². The highest BCUT2D eigenvalue weighted by atomic mass is 16.3. The lowest BCUT2D eigenvalue weighted by atomic mass is 10.0. The van der Waals surface area contributed by atoms with Crippen LogP contribution in [0, 0.1) is 20.8 Å². The molecule has 0 aliphatic rings. The van der Waals surface area contributed by atoms with E-state index in [0.717, 1.165) is 16.8 Å². The third-order valence-electron chi connectivity index (χ3n) is 2.91. The second-order valence-electron chi connectivity index (χ2n) is 4.54. The third-order valence-corrected chi connectivity index (χ3v) is 2.91. The molecule has 2 rings (SSSR count). The normalized spacial score (nSPS) is 12.4. The summed E-state index contributed by atoms with van der Waals surface area (Å²) < 4.78 is 0. The van der Waals surface area contributed by atoms with E-state index in [2.05, 4.69) is 9.97 Å². The van der Waals surface area contributed by atoms with Gasteiger partial charge in [-0.15, -0.1) is 0 Å². The molecule has 0 aliphatic carbocycles. The molecular weight excluding hydrogens is 226 g/mol. The summed E-state index contributed by atoms with van der Waals surface area (Å²) in [5.74, 6) is 0.350. The summed E-state index contributed by atoms with van der Waals surface area (Å²) in [6, 6.07) is 5.66. The predicted octanol–water partition coefficient (Wildman–Crippen LogP) is 2.07. The number of aliphatic hydroxyl groups is 1. The van der Waals surface area contributed by atoms with Crippen LogP contribution < -0.4 is 5.73 Å². The van der Waals surface area contributed by atoms with E-state index in [4.69, 9.17) is 5.73 Å². The Balaban J connectivity index is 2.51. The molecule has 3 N–H and O–H groups in total. The van der Waals surface area contributed by atoms with Crippen molar-refractivity contribution in [3.63, 3.8) is 0 Å². The Bertz CT molecular complexity index is 541. The van der Waals surface area contributed by atoms with Crippen molar-refractivity contribution in [2.24, 2.45) is 0 Å². The Labute approximate surface area is 107 Å². The highest BCUT2D eigenvalue weighted by Crippen LogP contribution is 2.27. The van der Waals surface area contributed by atoms with Gasteiger partial charge in [-0.05, 0) is 50.1 Å². The minimum Gasteiger partial charge on any atom is -0.383 e. The van der Waals surface area contributed by atoms with Crippen molar-refractivity contribution < 1.29 is 5.11 Å². The van der Waals surface area contributed by atoms with Crippen molar-refractivity contribution in [2.75, 3.05) is 5.73 Å². The van der Waals surface area contributed by atoms with Crippen LogP contribution in [-0.2, 0) is 0 Å². The van der Waals surface area contributed by atoms with E-state index in [1.54, 1.807) is 6.20 Å². The maximum absolute atomic E-state index is 10.4. The fourth-order valence-electron chi connectivity index (χ4n) is 2.11. The van der Waals surface area contributed by atoms with Crippen molar-refractivity contribution in [3.8, 4) is 0 Å². The first-order chi connectivity index (χ1) is 8.49. The molecule has 0 aromatic carbocycles. The topological polar surface area (TPSA) is 72.0 Å². The zero-order valence-electron chi connectivity index (χ0n) is 10.8. The first-order valence-electron chi connectivity index (χ1n) is 5.83. The maximum atomic E-state index is 10.4. The van der Waals surface area contributed by atoms with Crippen LogP contribution in [0.1, 0.15) is 34.2 Å². The van der Waals surface area contributed by atoms with Gasteiger partial charge in [0.25, 0.3) is 0 Å². The second kappa shape index (κ2) is 4.74. The smallest absolute Gasteiger partial charge is 0.129 e. The lowest BCUT2D eigenvalue weighted by molar-refractivity contribution is 0.214. The van der Waals surface area contributed by atoms with Gasteiger partial charge in [0, 0.05) is 17.5 Å². The standard InChI is InChI=1S/C14H17N3O/c1-8-6-10(3)17-11(7-8)13(18)12-9(2)4-5-16-14(12)15/h4-7,13,18H,1-3H3,(H2,15,16). The minimum atomic E-state index is -0.836. The fourth-order valence-corrected chi connectivity index (χ4v) is 2.11. The predicted molar refractivity (Wildman–Crippen MR) is 71.2 cm³/mol. The summed E-state index contributed by atoms with van der Waals surface area (Å²) in [6.45, 7) is 5.78. The third kappa shape index (κ3) is 2.33. The number of hydrogen-bond donors (Lipinski definition) is 2. The second-order valence-corrected chi connectivity index (χ2v) is 4.54. The molecule has 2 aromatic rings. The summed E-state index contributed by atoms with van der Waals surface area (Å²) in [5.41, 5.74) is 9.94. The van der Waals surface area contributed by atoms with Crippen molar-refractivity contribution >= 4 is 5.82 Å². The van der Waals surface area contributed by atoms with E-state index in [0.29, 0.717) is 17.1 Å². The van der Waals surface area contributed by atoms with Crippen molar-refractivity contribution in [1.29, 1.82) is 0 Å². The number of pyridine rings is 2. The number of anilines is 1. The molecule has 0 saturated heterocycles. The molecule has 0 aliphatic heterocycles. The molecule has 1 unspecified atom stereocenters. The van der Waals surface area contributed by atoms with Crippen molar-refractivity contribution in [3.05, 3.63) is 52.5 Å². The Morgan fingerprint density at radius 2 is 1.94 bits per heavy atom. The Morgan fingerprint density at radius 1 is 1.22 bits per heavy atom. The van der Waals surface area contributed by atoms with Crippen LogP contribution in [0.4, 0.5) is 5.82 Å². The number of nitrogens with two attached hydrogens (primary N) is 1. The van der Waals surface area contributed by atoms with Gasteiger partial charge in [-0.2, -0.15) is 0 Å². The summed E-state index contributed by atoms with van der Waals surface area (Å²) in [4.78, 5) is 8.38. The van der Waals surface area contributed by atoms with Crippen LogP contribution in [0.5, 0.6) is 0 Å². The summed E-state index contributed by atoms with van der Waals surface area (Å²) in [6.07, 6.45) is 0.799. The summed E-state index contributed by atoms with van der Waals surface area (Å²) in [7, 11) is 0. The van der Waals surface area contributed by atoms with Crippen LogP contribution in [0.15, 0.2) is 24.4 Å². The highest BCUT2D eigenvalue weighted by Gasteiger charge is 2.18. The quantitative estimate of drug-likeness (QED) is 0.847. The molecule has 1 atom stereocenters. The average molecular weight is 243 g/mol. The van der Waals surface area contributed by atoms with Crippen LogP contribution >= 0.6 is 0 Å². The van der Waals surface area contributed by atoms with Gasteiger partial charge in [0.2, 0.25) is 0 Å². The van der Waals surface area contributed by atoms with Crippen molar-refractivity contribution in [1.82, 2.24) is 9.97 Å². The van der Waals surface area contributed by atoms with E-state index in [1.807, 2.05) is 39.0 Å². The van der Waals surface area contributed by atoms with Gasteiger partial charge in [-0.1, -0.05) is 0 Å². The van der Waals surface area contributed by atoms with E-state index in [9.17, 15) is 5.11 Å². The molecule has 0 radical (unpaired) electrons. The Hall–Kier alpha value is -1.94. The first-order valence-corrected chi connectivity index (χ1v) is 5.83. The largest absolute Gasteiger partial charge is 0.383 e. The zero-order chi connectivity index (χ0) is 13.3. The zero-order valence-corrected chi connectivity index (χ0v) is 10.8. The van der Waals surface area contributed by atoms with Gasteiger partial charge in [-0.25, -0.2) is 4.98 Å². The van der Waals surface area contributed by atoms with Crippen molar-refractivity contribution in [2.45, 2.75) is 26.9 Å². The van der Waals surface area contributed by atoms with E-state index < -0.39 is 6.10 Å². The number of nitrogen functional groups attached to an aromatic ring is 1. The van der Waals surface area contributed by atoms with Gasteiger partial charge in [-0.3, -0.25) is 4.98 Å². The monoisotopic (exact) mass is 243 g/mol. The molecule has 0 amide bonds. The van der Waals surface area contributed by atoms with Crippen LogP contribution in [0.2, 0.25) is 0 Å². The van der Waals surface area contributed by atoms with Gasteiger partial charge in [0.1, 0.15) is 11.9 Å². The first kappa shape index (κ1) is 12.5. The lowest BCUT2D eigenvalue weighted by Crippen LogP contribution is -2.09. The van der Waals surface area contributed by atoms with E-state index >= 15 is 0 Å². The Morgan fingerprint density at radius 3 is 2.56 bits per heavy atom. The van der Waals surface area contributed by atoms with Gasteiger partial charge < -0.3 is 10.8 Å². The number of rotatable bonds is 2. The minimum absolute atomic E-state index is 0.350. The SMILES string of the molecule is Cc1cc(C)nc(C(O)c2c(C)ccnc2N)c1. The molecule has 0 bridgehead atoms. The van der Waals surface area contributed by atoms with Crippen LogP contribution in [-0.4, -0.2) is 15.1 Å². The number of aryl methyl sites for hydroxylation is 3. The number of nitrogens with zero attached hydrogens (tertiary/aromatic N) is 2. The summed E-state index contributed by atoms with van der Waals surface area (Å²) >= 11 is 0. The van der Waals surface area contributed by atoms with Gasteiger partial charge in [0.05, 0.1) is 5.69 Å². The molecule has 0 fully saturated rings. The molecule has 4 nitrogen and oxygen atoms in total. The Kier molecular flexibility index (Phi) is 3.30. The number of aromatic nitrogens is 2. The number of hydrogen-bond acceptors (Lipinski definition) is 4. The molecule has 0 spiro atoms. The van der Waals surface area contributed by atoms with E-state index in [1.165, 1.54) is 0 Å².